The molecule has 7 heteroatoms. The average Bonchev–Trinajstić information content (AvgIpc) is 2.17. The molecule has 1 aromatic heterocycles. The van der Waals surface area contributed by atoms with E-state index in [1.165, 1.54) is 6.07 Å². The molecule has 0 aliphatic rings. The van der Waals surface area contributed by atoms with E-state index < -0.39 is 17.8 Å². The smallest absolute Gasteiger partial charge is 0.294 e. The highest BCUT2D eigenvalue weighted by molar-refractivity contribution is 5.77. The van der Waals surface area contributed by atoms with Gasteiger partial charge in [-0.25, -0.2) is 5.84 Å². The minimum atomic E-state index is -4.46. The second kappa shape index (κ2) is 4.26. The predicted octanol–water partition coefficient (Wildman–Crippen LogP) is 0.633. The van der Waals surface area contributed by atoms with Crippen molar-refractivity contribution in [3.63, 3.8) is 0 Å². The van der Waals surface area contributed by atoms with Crippen molar-refractivity contribution in [1.29, 1.82) is 0 Å². The molecule has 1 heterocycles. The highest BCUT2D eigenvalue weighted by Crippen LogP contribution is 2.27. The Morgan fingerprint density at radius 2 is 2.13 bits per heavy atom. The summed E-state index contributed by atoms with van der Waals surface area (Å²) in [5.74, 6) is 4.33. The summed E-state index contributed by atoms with van der Waals surface area (Å²) < 4.78 is 36.3. The molecular weight excluding hydrogens is 211 g/mol. The van der Waals surface area contributed by atoms with Crippen LogP contribution in [0.3, 0.4) is 0 Å². The van der Waals surface area contributed by atoms with E-state index in [0.29, 0.717) is 5.56 Å². The first kappa shape index (κ1) is 11.4. The van der Waals surface area contributed by atoms with Crippen LogP contribution < -0.4 is 11.3 Å². The van der Waals surface area contributed by atoms with E-state index in [2.05, 4.69) is 4.98 Å². The number of aromatic nitrogens is 1. The largest absolute Gasteiger partial charge is 0.433 e. The van der Waals surface area contributed by atoms with Gasteiger partial charge in [-0.05, 0) is 11.6 Å². The molecule has 1 aromatic rings. The normalized spacial score (nSPS) is 11.2. The summed E-state index contributed by atoms with van der Waals surface area (Å²) in [5.41, 5.74) is 1.25. The molecule has 1 rings (SSSR count). The number of hydrogen-bond acceptors (Lipinski definition) is 3. The first-order valence-corrected chi connectivity index (χ1v) is 3.95. The van der Waals surface area contributed by atoms with Gasteiger partial charge in [-0.2, -0.15) is 13.2 Å². The zero-order valence-corrected chi connectivity index (χ0v) is 7.51. The van der Waals surface area contributed by atoms with Gasteiger partial charge >= 0.3 is 6.18 Å². The number of amides is 1. The summed E-state index contributed by atoms with van der Waals surface area (Å²) in [6, 6.07) is 2.00. The SMILES string of the molecule is NNC(=O)Cc1ccc(C(F)(F)F)nc1. The molecule has 0 unspecified atom stereocenters. The molecule has 0 saturated carbocycles. The van der Waals surface area contributed by atoms with Crippen molar-refractivity contribution < 1.29 is 18.0 Å². The number of rotatable bonds is 2. The molecule has 15 heavy (non-hydrogen) atoms. The maximum Gasteiger partial charge on any atom is 0.433 e. The third-order valence-corrected chi connectivity index (χ3v) is 1.64. The maximum absolute atomic E-state index is 12.1. The van der Waals surface area contributed by atoms with Crippen LogP contribution in [0.25, 0.3) is 0 Å². The number of nitrogens with two attached hydrogens (primary N) is 1. The van der Waals surface area contributed by atoms with Gasteiger partial charge in [-0.15, -0.1) is 0 Å². The lowest BCUT2D eigenvalue weighted by Crippen LogP contribution is -2.31. The molecule has 0 radical (unpaired) electrons. The number of alkyl halides is 3. The molecule has 0 bridgehead atoms. The summed E-state index contributed by atoms with van der Waals surface area (Å²) in [6.07, 6.45) is -3.56. The van der Waals surface area contributed by atoms with Crippen LogP contribution >= 0.6 is 0 Å². The zero-order chi connectivity index (χ0) is 11.5. The summed E-state index contributed by atoms with van der Waals surface area (Å²) in [4.78, 5) is 14.0. The number of hydrazine groups is 1. The number of carbonyl (C=O) groups excluding carboxylic acids is 1. The number of nitrogens with one attached hydrogen (secondary N) is 1. The highest BCUT2D eigenvalue weighted by atomic mass is 19.4. The molecule has 82 valence electrons. The Kier molecular flexibility index (Phi) is 3.25. The summed E-state index contributed by atoms with van der Waals surface area (Å²) >= 11 is 0. The monoisotopic (exact) mass is 219 g/mol. The third kappa shape index (κ3) is 3.21. The molecule has 0 saturated heterocycles. The molecular formula is C8H8F3N3O. The highest BCUT2D eigenvalue weighted by Gasteiger charge is 2.31. The molecule has 0 aromatic carbocycles. The van der Waals surface area contributed by atoms with Crippen LogP contribution in [0, 0.1) is 0 Å². The standard InChI is InChI=1S/C8H8F3N3O/c9-8(10,11)6-2-1-5(4-13-6)3-7(15)14-12/h1-2,4H,3,12H2,(H,14,15). The van der Waals surface area contributed by atoms with Gasteiger partial charge in [0.25, 0.3) is 0 Å². The molecule has 0 fully saturated rings. The Bertz CT molecular complexity index is 347. The van der Waals surface area contributed by atoms with Gasteiger partial charge < -0.3 is 0 Å². The Morgan fingerprint density at radius 1 is 1.47 bits per heavy atom. The van der Waals surface area contributed by atoms with E-state index in [4.69, 9.17) is 5.84 Å². The lowest BCUT2D eigenvalue weighted by molar-refractivity contribution is -0.141. The number of halogens is 3. The first-order chi connectivity index (χ1) is 6.93. The Morgan fingerprint density at radius 3 is 2.53 bits per heavy atom. The maximum atomic E-state index is 12.1. The Balaban J connectivity index is 2.77. The average molecular weight is 219 g/mol. The van der Waals surface area contributed by atoms with Crippen LogP contribution in [0.5, 0.6) is 0 Å². The second-order valence-electron chi connectivity index (χ2n) is 2.79. The van der Waals surface area contributed by atoms with Crippen LogP contribution in [0.4, 0.5) is 13.2 Å². The minimum absolute atomic E-state index is 0.0956. The first-order valence-electron chi connectivity index (χ1n) is 3.95. The van der Waals surface area contributed by atoms with E-state index in [9.17, 15) is 18.0 Å². The number of carbonyl (C=O) groups is 1. The fraction of sp³-hybridized carbons (Fsp3) is 0.250. The van der Waals surface area contributed by atoms with Crippen molar-refractivity contribution in [2.75, 3.05) is 0 Å². The molecule has 0 atom stereocenters. The van der Waals surface area contributed by atoms with E-state index in [1.54, 1.807) is 0 Å². The fourth-order valence-corrected chi connectivity index (χ4v) is 0.933. The van der Waals surface area contributed by atoms with Gasteiger partial charge in [0.1, 0.15) is 5.69 Å². The molecule has 4 nitrogen and oxygen atoms in total. The number of hydrogen-bond donors (Lipinski definition) is 2. The molecule has 0 spiro atoms. The quantitative estimate of drug-likeness (QED) is 0.435. The van der Waals surface area contributed by atoms with Gasteiger partial charge in [-0.1, -0.05) is 6.07 Å². The number of nitrogens with zero attached hydrogens (tertiary/aromatic N) is 1. The van der Waals surface area contributed by atoms with Crippen molar-refractivity contribution in [2.45, 2.75) is 12.6 Å². The van der Waals surface area contributed by atoms with Crippen LogP contribution in [-0.4, -0.2) is 10.9 Å². The van der Waals surface area contributed by atoms with Gasteiger partial charge in [0, 0.05) is 6.20 Å². The topological polar surface area (TPSA) is 68.0 Å². The van der Waals surface area contributed by atoms with Crippen LogP contribution in [0.1, 0.15) is 11.3 Å². The summed E-state index contributed by atoms with van der Waals surface area (Å²) in [6.45, 7) is 0. The van der Waals surface area contributed by atoms with Gasteiger partial charge in [0.05, 0.1) is 6.42 Å². The lowest BCUT2D eigenvalue weighted by Gasteiger charge is -2.05. The molecule has 1 amide bonds. The van der Waals surface area contributed by atoms with E-state index in [0.717, 1.165) is 12.3 Å². The van der Waals surface area contributed by atoms with Crippen LogP contribution in [0.15, 0.2) is 18.3 Å². The van der Waals surface area contributed by atoms with Crippen molar-refractivity contribution in [3.05, 3.63) is 29.6 Å². The predicted molar refractivity (Wildman–Crippen MR) is 45.3 cm³/mol. The van der Waals surface area contributed by atoms with Crippen molar-refractivity contribution in [2.24, 2.45) is 5.84 Å². The van der Waals surface area contributed by atoms with Gasteiger partial charge in [0.15, 0.2) is 0 Å². The van der Waals surface area contributed by atoms with Crippen molar-refractivity contribution in [1.82, 2.24) is 10.4 Å². The van der Waals surface area contributed by atoms with Crippen LogP contribution in [0.2, 0.25) is 0 Å². The van der Waals surface area contributed by atoms with Crippen molar-refractivity contribution >= 4 is 5.91 Å². The molecule has 3 N–H and O–H groups in total. The Labute approximate surface area is 83.3 Å². The summed E-state index contributed by atoms with van der Waals surface area (Å²) in [7, 11) is 0. The van der Waals surface area contributed by atoms with Gasteiger partial charge in [-0.3, -0.25) is 15.2 Å². The third-order valence-electron chi connectivity index (χ3n) is 1.64. The fourth-order valence-electron chi connectivity index (χ4n) is 0.933. The van der Waals surface area contributed by atoms with Crippen LogP contribution in [-0.2, 0) is 17.4 Å². The van der Waals surface area contributed by atoms with E-state index >= 15 is 0 Å². The second-order valence-corrected chi connectivity index (χ2v) is 2.79. The summed E-state index contributed by atoms with van der Waals surface area (Å²) in [5, 5.41) is 0. The van der Waals surface area contributed by atoms with E-state index in [1.807, 2.05) is 5.43 Å². The Hall–Kier alpha value is -1.63. The van der Waals surface area contributed by atoms with Gasteiger partial charge in [0.2, 0.25) is 5.91 Å². The number of pyridine rings is 1. The van der Waals surface area contributed by atoms with E-state index in [-0.39, 0.29) is 6.42 Å². The molecule has 0 aliphatic carbocycles. The van der Waals surface area contributed by atoms with Crippen molar-refractivity contribution in [3.8, 4) is 0 Å². The lowest BCUT2D eigenvalue weighted by atomic mass is 10.2. The minimum Gasteiger partial charge on any atom is -0.294 e. The molecule has 0 aliphatic heterocycles. The zero-order valence-electron chi connectivity index (χ0n) is 7.51.